The molecule has 0 aromatic heterocycles. The molecule has 0 bridgehead atoms. The predicted octanol–water partition coefficient (Wildman–Crippen LogP) is 1.18. The van der Waals surface area contributed by atoms with Gasteiger partial charge < -0.3 is 25.0 Å². The number of amides is 2. The number of nitrogens with zero attached hydrogens (tertiary/aromatic N) is 2. The van der Waals surface area contributed by atoms with Crippen LogP contribution in [0.5, 0.6) is 11.5 Å². The Labute approximate surface area is 132 Å². The summed E-state index contributed by atoms with van der Waals surface area (Å²) in [6.07, 6.45) is 2.91. The van der Waals surface area contributed by atoms with Crippen molar-refractivity contribution in [1.82, 2.24) is 9.80 Å². The maximum Gasteiger partial charge on any atom is 0.262 e. The lowest BCUT2D eigenvalue weighted by Gasteiger charge is -2.36. The van der Waals surface area contributed by atoms with Gasteiger partial charge in [-0.1, -0.05) is 0 Å². The highest BCUT2D eigenvalue weighted by Crippen LogP contribution is 2.45. The molecule has 2 fully saturated rings. The molecule has 4 aliphatic heterocycles. The minimum Gasteiger partial charge on any atom is -0.469 e. The van der Waals surface area contributed by atoms with E-state index in [1.54, 1.807) is 15.9 Å². The molecule has 7 nitrogen and oxygen atoms in total. The van der Waals surface area contributed by atoms with Crippen LogP contribution in [0.25, 0.3) is 0 Å². The smallest absolute Gasteiger partial charge is 0.262 e. The van der Waals surface area contributed by atoms with Crippen LogP contribution in [0, 0.1) is 0 Å². The molecular formula is C16H17N3O4. The summed E-state index contributed by atoms with van der Waals surface area (Å²) in [4.78, 5) is 28.8. The largest absolute Gasteiger partial charge is 0.469 e. The summed E-state index contributed by atoms with van der Waals surface area (Å²) in [6, 6.07) is 1.63. The summed E-state index contributed by atoms with van der Waals surface area (Å²) in [5, 5.41) is 0. The molecule has 1 aromatic rings. The normalized spacial score (nSPS) is 27.8. The Morgan fingerprint density at radius 3 is 2.39 bits per heavy atom. The average Bonchev–Trinajstić information content (AvgIpc) is 3.17. The van der Waals surface area contributed by atoms with Gasteiger partial charge in [0.05, 0.1) is 11.3 Å². The van der Waals surface area contributed by atoms with Crippen LogP contribution in [0.3, 0.4) is 0 Å². The first kappa shape index (κ1) is 13.0. The number of hydrogen-bond donors (Lipinski definition) is 1. The third kappa shape index (κ3) is 1.59. The lowest BCUT2D eigenvalue weighted by atomic mass is 10.0. The maximum atomic E-state index is 12.7. The van der Waals surface area contributed by atoms with Gasteiger partial charge in [-0.3, -0.25) is 9.59 Å². The van der Waals surface area contributed by atoms with E-state index >= 15 is 0 Å². The number of nitrogens with two attached hydrogens (primary N) is 1. The van der Waals surface area contributed by atoms with E-state index in [-0.39, 0.29) is 30.0 Å². The van der Waals surface area contributed by atoms with Crippen molar-refractivity contribution in [3.63, 3.8) is 0 Å². The molecule has 4 aliphatic rings. The Morgan fingerprint density at radius 2 is 1.65 bits per heavy atom. The van der Waals surface area contributed by atoms with Crippen LogP contribution < -0.4 is 15.2 Å². The molecule has 2 saturated heterocycles. The lowest BCUT2D eigenvalue weighted by molar-refractivity contribution is 0.0243. The first-order chi connectivity index (χ1) is 11.1. The molecule has 5 rings (SSSR count). The molecular weight excluding hydrogens is 298 g/mol. The van der Waals surface area contributed by atoms with Crippen LogP contribution in [0.2, 0.25) is 0 Å². The lowest BCUT2D eigenvalue weighted by Crippen LogP contribution is -2.45. The van der Waals surface area contributed by atoms with Crippen LogP contribution >= 0.6 is 0 Å². The van der Waals surface area contributed by atoms with Crippen molar-refractivity contribution in [3.8, 4) is 11.5 Å². The summed E-state index contributed by atoms with van der Waals surface area (Å²) in [6.45, 7) is 1.37. The molecule has 0 saturated carbocycles. The third-order valence-corrected chi connectivity index (χ3v) is 5.16. The summed E-state index contributed by atoms with van der Waals surface area (Å²) in [5.74, 6) is 0.530. The number of anilines is 1. The summed E-state index contributed by atoms with van der Waals surface area (Å²) in [7, 11) is 0. The van der Waals surface area contributed by atoms with Crippen LogP contribution in [0.15, 0.2) is 6.07 Å². The number of carbonyl (C=O) groups excluding carboxylic acids is 2. The highest BCUT2D eigenvalue weighted by atomic mass is 16.5. The molecule has 0 unspecified atom stereocenters. The van der Waals surface area contributed by atoms with Crippen molar-refractivity contribution in [3.05, 3.63) is 17.2 Å². The van der Waals surface area contributed by atoms with Gasteiger partial charge in [0, 0.05) is 25.9 Å². The molecule has 0 aliphatic carbocycles. The zero-order valence-corrected chi connectivity index (χ0v) is 12.6. The van der Waals surface area contributed by atoms with Gasteiger partial charge in [0.25, 0.3) is 11.8 Å². The maximum absolute atomic E-state index is 12.7. The third-order valence-electron chi connectivity index (χ3n) is 5.16. The Morgan fingerprint density at radius 1 is 1.00 bits per heavy atom. The number of carbonyl (C=O) groups is 2. The average molecular weight is 315 g/mol. The Kier molecular flexibility index (Phi) is 2.44. The number of nitrogen functional groups attached to an aromatic ring is 1. The van der Waals surface area contributed by atoms with Crippen molar-refractivity contribution in [2.45, 2.75) is 38.1 Å². The second-order valence-corrected chi connectivity index (χ2v) is 6.47. The molecule has 1 aromatic carbocycles. The van der Waals surface area contributed by atoms with Gasteiger partial charge >= 0.3 is 0 Å². The molecule has 0 radical (unpaired) electrons. The summed E-state index contributed by atoms with van der Waals surface area (Å²) < 4.78 is 11.9. The van der Waals surface area contributed by atoms with Crippen molar-refractivity contribution in [2.75, 3.05) is 18.8 Å². The zero-order valence-electron chi connectivity index (χ0n) is 12.6. The van der Waals surface area contributed by atoms with Gasteiger partial charge in [0.2, 0.25) is 0 Å². The fraction of sp³-hybridized carbons (Fsp3) is 0.500. The molecule has 2 N–H and O–H groups in total. The number of fused-ring (bicyclic) bond motifs is 4. The van der Waals surface area contributed by atoms with Gasteiger partial charge in [0.1, 0.15) is 11.3 Å². The minimum atomic E-state index is -0.269. The molecule has 2 atom stereocenters. The zero-order chi connectivity index (χ0) is 15.7. The topological polar surface area (TPSA) is 85.1 Å². The fourth-order valence-corrected chi connectivity index (χ4v) is 4.02. The molecule has 2 amide bonds. The van der Waals surface area contributed by atoms with E-state index in [1.165, 1.54) is 0 Å². The highest BCUT2D eigenvalue weighted by Gasteiger charge is 2.44. The quantitative estimate of drug-likeness (QED) is 0.727. The first-order valence-electron chi connectivity index (χ1n) is 8.07. The summed E-state index contributed by atoms with van der Waals surface area (Å²) >= 11 is 0. The van der Waals surface area contributed by atoms with E-state index in [4.69, 9.17) is 15.2 Å². The van der Waals surface area contributed by atoms with E-state index in [9.17, 15) is 9.59 Å². The molecule has 0 spiro atoms. The second-order valence-electron chi connectivity index (χ2n) is 6.47. The number of rotatable bonds is 0. The Balaban J connectivity index is 1.67. The van der Waals surface area contributed by atoms with E-state index in [0.717, 1.165) is 25.7 Å². The van der Waals surface area contributed by atoms with Crippen LogP contribution in [0.1, 0.15) is 46.4 Å². The second kappa shape index (κ2) is 4.31. The van der Waals surface area contributed by atoms with Crippen molar-refractivity contribution >= 4 is 17.5 Å². The highest BCUT2D eigenvalue weighted by molar-refractivity contribution is 6.09. The number of benzene rings is 1. The molecule has 7 heteroatoms. The fourth-order valence-electron chi connectivity index (χ4n) is 4.02. The number of hydrogen-bond acceptors (Lipinski definition) is 5. The first-order valence-corrected chi connectivity index (χ1v) is 8.07. The van der Waals surface area contributed by atoms with E-state index in [2.05, 4.69) is 0 Å². The standard InChI is InChI=1S/C16H17N3O4/c17-13-12-9(22-10-3-1-6-19(10)16(12)21)7-8-14(13)23-11-4-2-5-18(11)15(8)20/h7,10-11H,1-6,17H2/t10-,11-/m0/s1. The Hall–Kier alpha value is -2.44. The van der Waals surface area contributed by atoms with Crippen molar-refractivity contribution in [1.29, 1.82) is 0 Å². The van der Waals surface area contributed by atoms with Gasteiger partial charge in [-0.2, -0.15) is 0 Å². The van der Waals surface area contributed by atoms with Crippen LogP contribution in [-0.4, -0.2) is 47.2 Å². The van der Waals surface area contributed by atoms with Crippen molar-refractivity contribution in [2.24, 2.45) is 0 Å². The van der Waals surface area contributed by atoms with Crippen LogP contribution in [0.4, 0.5) is 5.69 Å². The van der Waals surface area contributed by atoms with Gasteiger partial charge in [-0.15, -0.1) is 0 Å². The van der Waals surface area contributed by atoms with E-state index in [1.807, 2.05) is 0 Å². The van der Waals surface area contributed by atoms with E-state index in [0.29, 0.717) is 35.7 Å². The molecule has 23 heavy (non-hydrogen) atoms. The van der Waals surface area contributed by atoms with Crippen molar-refractivity contribution < 1.29 is 19.1 Å². The van der Waals surface area contributed by atoms with E-state index < -0.39 is 0 Å². The van der Waals surface area contributed by atoms with Gasteiger partial charge in [-0.25, -0.2) is 0 Å². The summed E-state index contributed by atoms with van der Waals surface area (Å²) in [5.41, 5.74) is 7.19. The monoisotopic (exact) mass is 315 g/mol. The Bertz CT molecular complexity index is 747. The molecule has 4 heterocycles. The molecule has 120 valence electrons. The predicted molar refractivity (Wildman–Crippen MR) is 80.2 cm³/mol. The van der Waals surface area contributed by atoms with Gasteiger partial charge in [-0.05, 0) is 18.9 Å². The van der Waals surface area contributed by atoms with Crippen LogP contribution in [-0.2, 0) is 0 Å². The SMILES string of the molecule is Nc1c2c(cc3c1C(=O)N1CCC[C@@H]1O3)C(=O)N1CCC[C@@H]1O2. The minimum absolute atomic E-state index is 0.0897. The number of ether oxygens (including phenoxy) is 2. The van der Waals surface area contributed by atoms with Gasteiger partial charge in [0.15, 0.2) is 18.2 Å².